The second kappa shape index (κ2) is 10.7. The molecule has 164 valence electrons. The van der Waals surface area contributed by atoms with Gasteiger partial charge in [-0.15, -0.1) is 10.2 Å². The number of anilines is 1. The molecule has 1 atom stereocenters. The summed E-state index contributed by atoms with van der Waals surface area (Å²) in [4.78, 5) is 6.57. The maximum Gasteiger partial charge on any atom is 0.387 e. The molecule has 1 aromatic heterocycles. The van der Waals surface area contributed by atoms with Crippen LogP contribution in [-0.2, 0) is 13.0 Å². The summed E-state index contributed by atoms with van der Waals surface area (Å²) >= 11 is 0. The minimum absolute atomic E-state index is 0.171. The highest BCUT2D eigenvalue weighted by atomic mass is 19.3. The SMILES string of the molecule is CCc1nncn1CCNC(=NC)NC1CCCN(c2ccc(OC(F)F)cc2)C1. The summed E-state index contributed by atoms with van der Waals surface area (Å²) < 4.78 is 31.1. The van der Waals surface area contributed by atoms with Crippen LogP contribution in [0.25, 0.3) is 0 Å². The Morgan fingerprint density at radius 3 is 2.83 bits per heavy atom. The Morgan fingerprint density at radius 2 is 2.13 bits per heavy atom. The fourth-order valence-electron chi connectivity index (χ4n) is 3.59. The number of hydrogen-bond acceptors (Lipinski definition) is 5. The molecule has 8 nitrogen and oxygen atoms in total. The van der Waals surface area contributed by atoms with Gasteiger partial charge in [-0.25, -0.2) is 0 Å². The van der Waals surface area contributed by atoms with Crippen LogP contribution in [0.1, 0.15) is 25.6 Å². The lowest BCUT2D eigenvalue weighted by molar-refractivity contribution is -0.0498. The number of guanidine groups is 1. The van der Waals surface area contributed by atoms with Gasteiger partial charge in [0.05, 0.1) is 0 Å². The Hall–Kier alpha value is -2.91. The number of benzene rings is 1. The van der Waals surface area contributed by atoms with Crippen LogP contribution in [0.3, 0.4) is 0 Å². The molecule has 0 spiro atoms. The van der Waals surface area contributed by atoms with Gasteiger partial charge in [-0.1, -0.05) is 6.92 Å². The van der Waals surface area contributed by atoms with Crippen molar-refractivity contribution in [2.75, 3.05) is 31.6 Å². The van der Waals surface area contributed by atoms with Gasteiger partial charge in [0.15, 0.2) is 5.96 Å². The number of ether oxygens (including phenoxy) is 1. The summed E-state index contributed by atoms with van der Waals surface area (Å²) in [5.74, 6) is 1.89. The molecule has 1 aliphatic heterocycles. The second-order valence-electron chi connectivity index (χ2n) is 7.10. The first-order valence-electron chi connectivity index (χ1n) is 10.2. The molecular weight excluding hydrogens is 392 g/mol. The van der Waals surface area contributed by atoms with Crippen LogP contribution in [0.4, 0.5) is 14.5 Å². The molecular formula is C20H29F2N7O. The number of halogens is 2. The van der Waals surface area contributed by atoms with E-state index >= 15 is 0 Å². The molecule has 3 rings (SSSR count). The van der Waals surface area contributed by atoms with E-state index in [-0.39, 0.29) is 11.8 Å². The zero-order valence-corrected chi connectivity index (χ0v) is 17.4. The Kier molecular flexibility index (Phi) is 7.81. The molecule has 2 aromatic rings. The zero-order valence-electron chi connectivity index (χ0n) is 17.4. The first kappa shape index (κ1) is 21.8. The maximum atomic E-state index is 12.3. The minimum atomic E-state index is -2.81. The van der Waals surface area contributed by atoms with Gasteiger partial charge in [0.1, 0.15) is 17.9 Å². The van der Waals surface area contributed by atoms with Gasteiger partial charge < -0.3 is 24.8 Å². The Labute approximate surface area is 175 Å². The monoisotopic (exact) mass is 421 g/mol. The number of rotatable bonds is 8. The van der Waals surface area contributed by atoms with Crippen LogP contribution in [0.2, 0.25) is 0 Å². The van der Waals surface area contributed by atoms with Gasteiger partial charge in [-0.3, -0.25) is 4.99 Å². The van der Waals surface area contributed by atoms with E-state index in [0.717, 1.165) is 56.4 Å². The van der Waals surface area contributed by atoms with Gasteiger partial charge in [-0.2, -0.15) is 8.78 Å². The number of aromatic nitrogens is 3. The standard InChI is InChI=1S/C20H29F2N7O/c1-3-18-27-25-14-29(18)12-10-24-20(23-2)26-15-5-4-11-28(13-15)16-6-8-17(9-7-16)30-19(21)22/h6-9,14-15,19H,3-5,10-13H2,1-2H3,(H2,23,24,26). The van der Waals surface area contributed by atoms with Crippen molar-refractivity contribution in [3.63, 3.8) is 0 Å². The number of alkyl halides is 2. The summed E-state index contributed by atoms with van der Waals surface area (Å²) in [5, 5.41) is 14.9. The summed E-state index contributed by atoms with van der Waals surface area (Å²) in [6, 6.07) is 7.03. The van der Waals surface area contributed by atoms with E-state index in [0.29, 0.717) is 6.54 Å². The maximum absolute atomic E-state index is 12.3. The topological polar surface area (TPSA) is 79.6 Å². The lowest BCUT2D eigenvalue weighted by atomic mass is 10.0. The van der Waals surface area contributed by atoms with Gasteiger partial charge in [0.2, 0.25) is 0 Å². The highest BCUT2D eigenvalue weighted by Gasteiger charge is 2.21. The van der Waals surface area contributed by atoms with E-state index in [1.165, 1.54) is 0 Å². The molecule has 2 N–H and O–H groups in total. The van der Waals surface area contributed by atoms with E-state index in [4.69, 9.17) is 0 Å². The van der Waals surface area contributed by atoms with Crippen LogP contribution in [0.5, 0.6) is 5.75 Å². The lowest BCUT2D eigenvalue weighted by Crippen LogP contribution is -2.51. The molecule has 0 radical (unpaired) electrons. The second-order valence-corrected chi connectivity index (χ2v) is 7.10. The van der Waals surface area contributed by atoms with Gasteiger partial charge >= 0.3 is 6.61 Å². The van der Waals surface area contributed by atoms with Crippen molar-refractivity contribution >= 4 is 11.6 Å². The molecule has 2 heterocycles. The van der Waals surface area contributed by atoms with Gasteiger partial charge in [-0.05, 0) is 37.1 Å². The van der Waals surface area contributed by atoms with Crippen LogP contribution in [0.15, 0.2) is 35.6 Å². The molecule has 0 amide bonds. The number of aliphatic imine (C=N–C) groups is 1. The smallest absolute Gasteiger partial charge is 0.387 e. The number of hydrogen-bond donors (Lipinski definition) is 2. The van der Waals surface area contributed by atoms with Crippen LogP contribution in [0, 0.1) is 0 Å². The normalized spacial score (nSPS) is 17.3. The Bertz CT molecular complexity index is 810. The molecule has 1 saturated heterocycles. The Morgan fingerprint density at radius 1 is 1.33 bits per heavy atom. The van der Waals surface area contributed by atoms with Gasteiger partial charge in [0.25, 0.3) is 0 Å². The average molecular weight is 421 g/mol. The predicted octanol–water partition coefficient (Wildman–Crippen LogP) is 2.28. The van der Waals surface area contributed by atoms with Crippen molar-refractivity contribution in [2.24, 2.45) is 4.99 Å². The van der Waals surface area contributed by atoms with Crippen molar-refractivity contribution in [1.82, 2.24) is 25.4 Å². The van der Waals surface area contributed by atoms with Gasteiger partial charge in [0, 0.05) is 51.4 Å². The highest BCUT2D eigenvalue weighted by Crippen LogP contribution is 2.23. The summed E-state index contributed by atoms with van der Waals surface area (Å²) in [6.45, 7) is 2.46. The van der Waals surface area contributed by atoms with E-state index in [1.807, 2.05) is 16.7 Å². The van der Waals surface area contributed by atoms with E-state index in [2.05, 4.69) is 42.4 Å². The molecule has 0 saturated carbocycles. The molecule has 1 aromatic carbocycles. The van der Waals surface area contributed by atoms with Crippen molar-refractivity contribution in [1.29, 1.82) is 0 Å². The molecule has 1 aliphatic rings. The average Bonchev–Trinajstić information content (AvgIpc) is 3.21. The predicted molar refractivity (Wildman–Crippen MR) is 112 cm³/mol. The van der Waals surface area contributed by atoms with Crippen molar-refractivity contribution in [3.8, 4) is 5.75 Å². The van der Waals surface area contributed by atoms with Crippen molar-refractivity contribution in [2.45, 2.75) is 45.4 Å². The van der Waals surface area contributed by atoms with Crippen LogP contribution >= 0.6 is 0 Å². The third-order valence-electron chi connectivity index (χ3n) is 5.07. The largest absolute Gasteiger partial charge is 0.435 e. The molecule has 1 fully saturated rings. The summed E-state index contributed by atoms with van der Waals surface area (Å²) in [7, 11) is 1.76. The van der Waals surface area contributed by atoms with E-state index in [1.54, 1.807) is 25.5 Å². The van der Waals surface area contributed by atoms with E-state index < -0.39 is 6.61 Å². The zero-order chi connectivity index (χ0) is 21.3. The van der Waals surface area contributed by atoms with Crippen molar-refractivity contribution < 1.29 is 13.5 Å². The molecule has 30 heavy (non-hydrogen) atoms. The quantitative estimate of drug-likeness (QED) is 0.503. The first-order valence-corrected chi connectivity index (χ1v) is 10.2. The number of nitrogens with one attached hydrogen (secondary N) is 2. The fraction of sp³-hybridized carbons (Fsp3) is 0.550. The minimum Gasteiger partial charge on any atom is -0.435 e. The third-order valence-corrected chi connectivity index (χ3v) is 5.07. The lowest BCUT2D eigenvalue weighted by Gasteiger charge is -2.35. The number of aryl methyl sites for hydroxylation is 1. The molecule has 0 bridgehead atoms. The molecule has 10 heteroatoms. The number of nitrogens with zero attached hydrogens (tertiary/aromatic N) is 5. The molecule has 1 unspecified atom stereocenters. The van der Waals surface area contributed by atoms with Crippen LogP contribution < -0.4 is 20.3 Å². The third kappa shape index (κ3) is 6.04. The summed E-state index contributed by atoms with van der Waals surface area (Å²) in [5.41, 5.74) is 0.991. The van der Waals surface area contributed by atoms with Crippen molar-refractivity contribution in [3.05, 3.63) is 36.4 Å². The fourth-order valence-corrected chi connectivity index (χ4v) is 3.59. The van der Waals surface area contributed by atoms with Crippen LogP contribution in [-0.4, -0.2) is 60.1 Å². The number of piperidine rings is 1. The Balaban J connectivity index is 1.49. The highest BCUT2D eigenvalue weighted by molar-refractivity contribution is 5.80. The summed E-state index contributed by atoms with van der Waals surface area (Å²) in [6.07, 6.45) is 4.66. The van der Waals surface area contributed by atoms with E-state index in [9.17, 15) is 8.78 Å². The molecule has 0 aliphatic carbocycles. The first-order chi connectivity index (χ1) is 14.6.